The van der Waals surface area contributed by atoms with Crippen LogP contribution in [0.2, 0.25) is 5.02 Å². The Kier molecular flexibility index (Phi) is 2.93. The van der Waals surface area contributed by atoms with Crippen LogP contribution < -0.4 is 5.32 Å². The van der Waals surface area contributed by atoms with Gasteiger partial charge < -0.3 is 9.73 Å². The van der Waals surface area contributed by atoms with E-state index in [4.69, 9.17) is 16.0 Å². The lowest BCUT2D eigenvalue weighted by atomic mass is 10.2. The van der Waals surface area contributed by atoms with E-state index in [1.807, 2.05) is 12.1 Å². The number of fused-ring (bicyclic) bond motifs is 1. The van der Waals surface area contributed by atoms with Crippen molar-refractivity contribution in [2.45, 2.75) is 0 Å². The van der Waals surface area contributed by atoms with Crippen molar-refractivity contribution >= 4 is 34.8 Å². The summed E-state index contributed by atoms with van der Waals surface area (Å²) in [4.78, 5) is 14.7. The molecule has 0 bridgehead atoms. The second-order valence-electron chi connectivity index (χ2n) is 3.97. The van der Waals surface area contributed by atoms with Crippen LogP contribution in [0.1, 0.15) is 0 Å². The van der Waals surface area contributed by atoms with E-state index in [9.17, 15) is 4.79 Å². The number of hydrogen-bond donors (Lipinski definition) is 1. The molecule has 0 aliphatic carbocycles. The van der Waals surface area contributed by atoms with Crippen LogP contribution in [0.4, 0.5) is 5.69 Å². The van der Waals surface area contributed by atoms with Crippen LogP contribution in [-0.2, 0) is 4.79 Å². The predicted octanol–water partition coefficient (Wildman–Crippen LogP) is 3.72. The third-order valence-corrected chi connectivity index (χ3v) is 2.94. The van der Waals surface area contributed by atoms with Crippen molar-refractivity contribution in [2.24, 2.45) is 0 Å². The normalized spacial score (nSPS) is 10.6. The molecule has 1 amide bonds. The number of halogens is 1. The molecule has 1 heterocycles. The van der Waals surface area contributed by atoms with Gasteiger partial charge in [0.15, 0.2) is 5.58 Å². The van der Waals surface area contributed by atoms with Gasteiger partial charge in [-0.05, 0) is 42.5 Å². The molecule has 0 saturated carbocycles. The summed E-state index contributed by atoms with van der Waals surface area (Å²) in [6.45, 7) is 0. The van der Waals surface area contributed by atoms with Crippen LogP contribution in [0.3, 0.4) is 0 Å². The highest BCUT2D eigenvalue weighted by Gasteiger charge is 2.08. The molecule has 2 aromatic carbocycles. The molecule has 94 valence electrons. The molecule has 3 aromatic rings. The molecule has 0 fully saturated rings. The Morgan fingerprint density at radius 3 is 2.68 bits per heavy atom. The Bertz CT molecular complexity index is 735. The topological polar surface area (TPSA) is 55.1 Å². The third-order valence-electron chi connectivity index (χ3n) is 2.71. The fraction of sp³-hybridized carbons (Fsp3) is 0. The zero-order valence-electron chi connectivity index (χ0n) is 9.76. The highest BCUT2D eigenvalue weighted by atomic mass is 35.5. The average molecular weight is 273 g/mol. The summed E-state index contributed by atoms with van der Waals surface area (Å²) in [6, 6.07) is 12.5. The van der Waals surface area contributed by atoms with E-state index in [1.54, 1.807) is 30.3 Å². The molecular weight excluding hydrogens is 264 g/mol. The molecule has 0 atom stereocenters. The summed E-state index contributed by atoms with van der Waals surface area (Å²) in [5, 5.41) is 3.19. The van der Waals surface area contributed by atoms with E-state index in [0.717, 1.165) is 16.8 Å². The summed E-state index contributed by atoms with van der Waals surface area (Å²) >= 11 is 5.91. The number of hydrogen-bond acceptors (Lipinski definition) is 3. The van der Waals surface area contributed by atoms with Crippen LogP contribution in [-0.4, -0.2) is 11.4 Å². The van der Waals surface area contributed by atoms with Gasteiger partial charge in [0.1, 0.15) is 5.52 Å². The Hall–Kier alpha value is -2.33. The van der Waals surface area contributed by atoms with Gasteiger partial charge in [-0.3, -0.25) is 4.79 Å². The van der Waals surface area contributed by atoms with Crippen molar-refractivity contribution in [2.75, 3.05) is 5.32 Å². The quantitative estimate of drug-likeness (QED) is 0.739. The van der Waals surface area contributed by atoms with Crippen LogP contribution >= 0.6 is 11.6 Å². The second kappa shape index (κ2) is 4.74. The molecule has 0 aliphatic heterocycles. The van der Waals surface area contributed by atoms with Crippen LogP contribution in [0, 0.1) is 0 Å². The van der Waals surface area contributed by atoms with Crippen molar-refractivity contribution in [1.82, 2.24) is 4.98 Å². The van der Waals surface area contributed by atoms with Gasteiger partial charge in [0.25, 0.3) is 0 Å². The molecule has 0 unspecified atom stereocenters. The number of amides is 1. The number of nitrogens with zero attached hydrogens (tertiary/aromatic N) is 1. The molecule has 19 heavy (non-hydrogen) atoms. The van der Waals surface area contributed by atoms with E-state index in [0.29, 0.717) is 22.9 Å². The predicted molar refractivity (Wildman–Crippen MR) is 74.1 cm³/mol. The Morgan fingerprint density at radius 1 is 1.16 bits per heavy atom. The maximum absolute atomic E-state index is 10.3. The minimum Gasteiger partial charge on any atom is -0.436 e. The number of anilines is 1. The number of oxazole rings is 1. The number of aromatic nitrogens is 1. The van der Waals surface area contributed by atoms with E-state index >= 15 is 0 Å². The van der Waals surface area contributed by atoms with Crippen molar-refractivity contribution in [3.8, 4) is 11.5 Å². The summed E-state index contributed by atoms with van der Waals surface area (Å²) in [7, 11) is 0. The first-order valence-corrected chi connectivity index (χ1v) is 6.01. The van der Waals surface area contributed by atoms with Gasteiger partial charge in [-0.25, -0.2) is 4.98 Å². The number of carbonyl (C=O) groups is 1. The standard InChI is InChI=1S/C14H9ClN2O2/c15-10-3-6-13-12(7-10)17-14(19-13)9-1-4-11(5-2-9)16-8-18/h1-8H,(H,16,18). The first-order chi connectivity index (χ1) is 9.26. The fourth-order valence-electron chi connectivity index (χ4n) is 1.80. The SMILES string of the molecule is O=CNc1ccc(-c2nc3cc(Cl)ccc3o2)cc1. The lowest BCUT2D eigenvalue weighted by molar-refractivity contribution is -0.105. The number of benzene rings is 2. The molecule has 4 nitrogen and oxygen atoms in total. The highest BCUT2D eigenvalue weighted by molar-refractivity contribution is 6.31. The highest BCUT2D eigenvalue weighted by Crippen LogP contribution is 2.26. The molecule has 1 aromatic heterocycles. The molecule has 1 N–H and O–H groups in total. The first-order valence-electron chi connectivity index (χ1n) is 5.63. The minimum absolute atomic E-state index is 0.523. The van der Waals surface area contributed by atoms with Gasteiger partial charge in [0, 0.05) is 16.3 Å². The fourth-order valence-corrected chi connectivity index (χ4v) is 1.97. The average Bonchev–Trinajstić information content (AvgIpc) is 2.83. The summed E-state index contributed by atoms with van der Waals surface area (Å²) in [5.41, 5.74) is 2.97. The lowest BCUT2D eigenvalue weighted by Gasteiger charge is -1.99. The Morgan fingerprint density at radius 2 is 1.95 bits per heavy atom. The number of nitrogens with one attached hydrogen (secondary N) is 1. The molecular formula is C14H9ClN2O2. The zero-order chi connectivity index (χ0) is 13.2. The summed E-state index contributed by atoms with van der Waals surface area (Å²) < 4.78 is 5.65. The Balaban J connectivity index is 2.01. The third kappa shape index (κ3) is 2.30. The van der Waals surface area contributed by atoms with Gasteiger partial charge in [0.2, 0.25) is 12.3 Å². The maximum atomic E-state index is 10.3. The van der Waals surface area contributed by atoms with Gasteiger partial charge in [0.05, 0.1) is 0 Å². The zero-order valence-corrected chi connectivity index (χ0v) is 10.5. The van der Waals surface area contributed by atoms with Crippen molar-refractivity contribution in [3.05, 3.63) is 47.5 Å². The molecule has 0 saturated heterocycles. The van der Waals surface area contributed by atoms with Crippen molar-refractivity contribution in [3.63, 3.8) is 0 Å². The summed E-state index contributed by atoms with van der Waals surface area (Å²) in [5.74, 6) is 0.523. The van der Waals surface area contributed by atoms with Gasteiger partial charge in [-0.2, -0.15) is 0 Å². The first kappa shape index (κ1) is 11.7. The van der Waals surface area contributed by atoms with Gasteiger partial charge in [-0.15, -0.1) is 0 Å². The lowest BCUT2D eigenvalue weighted by Crippen LogP contribution is -1.92. The van der Waals surface area contributed by atoms with Crippen LogP contribution in [0.15, 0.2) is 46.9 Å². The monoisotopic (exact) mass is 272 g/mol. The second-order valence-corrected chi connectivity index (χ2v) is 4.41. The number of rotatable bonds is 3. The van der Waals surface area contributed by atoms with Crippen LogP contribution in [0.5, 0.6) is 0 Å². The number of carbonyl (C=O) groups excluding carboxylic acids is 1. The van der Waals surface area contributed by atoms with E-state index in [2.05, 4.69) is 10.3 Å². The van der Waals surface area contributed by atoms with Crippen molar-refractivity contribution in [1.29, 1.82) is 0 Å². The maximum Gasteiger partial charge on any atom is 0.227 e. The molecule has 0 aliphatic rings. The van der Waals surface area contributed by atoms with E-state index in [-0.39, 0.29) is 0 Å². The summed E-state index contributed by atoms with van der Waals surface area (Å²) in [6.07, 6.45) is 0.635. The molecule has 5 heteroatoms. The molecule has 0 radical (unpaired) electrons. The minimum atomic E-state index is 0.523. The largest absolute Gasteiger partial charge is 0.436 e. The smallest absolute Gasteiger partial charge is 0.227 e. The van der Waals surface area contributed by atoms with Crippen molar-refractivity contribution < 1.29 is 9.21 Å². The molecule has 0 spiro atoms. The van der Waals surface area contributed by atoms with E-state index < -0.39 is 0 Å². The van der Waals surface area contributed by atoms with Gasteiger partial charge in [-0.1, -0.05) is 11.6 Å². The van der Waals surface area contributed by atoms with E-state index in [1.165, 1.54) is 0 Å². The van der Waals surface area contributed by atoms with Crippen LogP contribution in [0.25, 0.3) is 22.6 Å². The Labute approximate surface area is 114 Å². The molecule has 3 rings (SSSR count). The van der Waals surface area contributed by atoms with Gasteiger partial charge >= 0.3 is 0 Å².